The Morgan fingerprint density at radius 2 is 2.00 bits per heavy atom. The monoisotopic (exact) mass is 493 g/mol. The van der Waals surface area contributed by atoms with Gasteiger partial charge in [0.15, 0.2) is 0 Å². The summed E-state index contributed by atoms with van der Waals surface area (Å²) in [7, 11) is 0. The van der Waals surface area contributed by atoms with E-state index >= 15 is 0 Å². The molecular formula is C27H32FN5O3. The summed E-state index contributed by atoms with van der Waals surface area (Å²) >= 11 is 0. The molecule has 0 saturated carbocycles. The van der Waals surface area contributed by atoms with Crippen LogP contribution in [0.1, 0.15) is 32.3 Å². The number of halogens is 1. The van der Waals surface area contributed by atoms with Gasteiger partial charge < -0.3 is 15.0 Å². The van der Waals surface area contributed by atoms with E-state index in [0.29, 0.717) is 30.1 Å². The van der Waals surface area contributed by atoms with E-state index in [2.05, 4.69) is 15.6 Å². The average Bonchev–Trinajstić information content (AvgIpc) is 3.51. The summed E-state index contributed by atoms with van der Waals surface area (Å²) < 4.78 is 21.7. The number of hydrogen-bond acceptors (Lipinski definition) is 4. The van der Waals surface area contributed by atoms with Gasteiger partial charge in [0.25, 0.3) is 0 Å². The molecule has 8 nitrogen and oxygen atoms in total. The van der Waals surface area contributed by atoms with Gasteiger partial charge in [-0.3, -0.25) is 14.7 Å². The zero-order valence-electron chi connectivity index (χ0n) is 20.8. The van der Waals surface area contributed by atoms with E-state index in [9.17, 15) is 14.0 Å². The van der Waals surface area contributed by atoms with Gasteiger partial charge in [0.05, 0.1) is 17.5 Å². The lowest BCUT2D eigenvalue weighted by Gasteiger charge is -2.26. The Morgan fingerprint density at radius 3 is 2.67 bits per heavy atom. The highest BCUT2D eigenvalue weighted by atomic mass is 19.1. The smallest absolute Gasteiger partial charge is 0.318 e. The average molecular weight is 494 g/mol. The maximum Gasteiger partial charge on any atom is 0.318 e. The van der Waals surface area contributed by atoms with Crippen LogP contribution in [0.4, 0.5) is 15.1 Å². The van der Waals surface area contributed by atoms with Crippen LogP contribution in [-0.2, 0) is 9.53 Å². The lowest BCUT2D eigenvalue weighted by molar-refractivity contribution is -0.117. The van der Waals surface area contributed by atoms with Crippen LogP contribution in [0.2, 0.25) is 0 Å². The zero-order chi connectivity index (χ0) is 25.7. The van der Waals surface area contributed by atoms with Crippen molar-refractivity contribution < 1.29 is 18.7 Å². The second-order valence-corrected chi connectivity index (χ2v) is 9.29. The van der Waals surface area contributed by atoms with Crippen molar-refractivity contribution in [3.05, 3.63) is 66.1 Å². The van der Waals surface area contributed by atoms with Gasteiger partial charge in [-0.2, -0.15) is 0 Å². The number of urea groups is 1. The van der Waals surface area contributed by atoms with E-state index in [1.165, 1.54) is 11.0 Å². The quantitative estimate of drug-likeness (QED) is 0.483. The number of nitrogens with one attached hydrogen (secondary N) is 2. The van der Waals surface area contributed by atoms with Gasteiger partial charge in [-0.05, 0) is 51.3 Å². The molecule has 2 heterocycles. The molecule has 0 bridgehead atoms. The number of amides is 3. The second kappa shape index (κ2) is 11.3. The predicted octanol–water partition coefficient (Wildman–Crippen LogP) is 4.52. The van der Waals surface area contributed by atoms with E-state index in [4.69, 9.17) is 4.74 Å². The van der Waals surface area contributed by atoms with Crippen LogP contribution in [0.15, 0.2) is 54.7 Å². The molecule has 1 unspecified atom stereocenters. The number of aryl methyl sites for hydroxylation is 1. The minimum absolute atomic E-state index is 0.0729. The van der Waals surface area contributed by atoms with Crippen molar-refractivity contribution in [3.63, 3.8) is 0 Å². The fourth-order valence-electron chi connectivity index (χ4n) is 4.07. The standard InChI is InChI=1S/C27H32FN5O3/c1-18(2)29-27(35)32(15-22-10-7-13-36-22)17-25(34)31-26-30-24(20-8-5-4-6-9-20)16-33(26)21-12-11-19(3)23(28)14-21/h4-6,8-9,11-12,14,16,18,22H,7,10,13,15,17H2,1-3H3,(H,29,35)(H,30,31,34). The zero-order valence-corrected chi connectivity index (χ0v) is 20.8. The van der Waals surface area contributed by atoms with Crippen LogP contribution >= 0.6 is 0 Å². The summed E-state index contributed by atoms with van der Waals surface area (Å²) in [5, 5.41) is 5.67. The van der Waals surface area contributed by atoms with Crippen LogP contribution in [0.3, 0.4) is 0 Å². The number of ether oxygens (including phenoxy) is 1. The van der Waals surface area contributed by atoms with Crippen molar-refractivity contribution in [3.8, 4) is 16.9 Å². The molecule has 1 saturated heterocycles. The topological polar surface area (TPSA) is 88.5 Å². The molecule has 190 valence electrons. The van der Waals surface area contributed by atoms with Gasteiger partial charge in [0.2, 0.25) is 11.9 Å². The molecule has 3 amide bonds. The van der Waals surface area contributed by atoms with E-state index in [0.717, 1.165) is 18.4 Å². The number of hydrogen-bond donors (Lipinski definition) is 2. The minimum Gasteiger partial charge on any atom is -0.376 e. The third kappa shape index (κ3) is 6.28. The van der Waals surface area contributed by atoms with Gasteiger partial charge in [0.1, 0.15) is 12.4 Å². The Balaban J connectivity index is 1.59. The summed E-state index contributed by atoms with van der Waals surface area (Å²) in [6, 6.07) is 14.0. The van der Waals surface area contributed by atoms with Crippen LogP contribution in [-0.4, -0.2) is 58.2 Å². The first-order valence-corrected chi connectivity index (χ1v) is 12.2. The third-order valence-corrected chi connectivity index (χ3v) is 5.94. The molecule has 2 aromatic carbocycles. The third-order valence-electron chi connectivity index (χ3n) is 5.94. The summed E-state index contributed by atoms with van der Waals surface area (Å²) in [5.41, 5.74) is 2.53. The van der Waals surface area contributed by atoms with Crippen LogP contribution in [0.5, 0.6) is 0 Å². The van der Waals surface area contributed by atoms with Crippen LogP contribution in [0, 0.1) is 12.7 Å². The van der Waals surface area contributed by atoms with Crippen molar-refractivity contribution in [1.29, 1.82) is 0 Å². The fraction of sp³-hybridized carbons (Fsp3) is 0.370. The Hall–Kier alpha value is -3.72. The molecule has 1 fully saturated rings. The molecule has 9 heteroatoms. The van der Waals surface area contributed by atoms with E-state index in [-0.39, 0.29) is 36.5 Å². The number of carbonyl (C=O) groups is 2. The van der Waals surface area contributed by atoms with Crippen molar-refractivity contribution in [2.24, 2.45) is 0 Å². The maximum atomic E-state index is 14.4. The molecule has 1 atom stereocenters. The van der Waals surface area contributed by atoms with Gasteiger partial charge in [-0.1, -0.05) is 36.4 Å². The molecule has 1 aliphatic rings. The first-order valence-electron chi connectivity index (χ1n) is 12.2. The Morgan fingerprint density at radius 1 is 1.22 bits per heavy atom. The lowest BCUT2D eigenvalue weighted by atomic mass is 10.2. The van der Waals surface area contributed by atoms with Crippen molar-refractivity contribution in [1.82, 2.24) is 19.8 Å². The van der Waals surface area contributed by atoms with E-state index < -0.39 is 5.91 Å². The first-order chi connectivity index (χ1) is 17.3. The van der Waals surface area contributed by atoms with Crippen LogP contribution in [0.25, 0.3) is 16.9 Å². The summed E-state index contributed by atoms with van der Waals surface area (Å²) in [4.78, 5) is 32.0. The number of rotatable bonds is 8. The number of nitrogens with zero attached hydrogens (tertiary/aromatic N) is 3. The SMILES string of the molecule is Cc1ccc(-n2cc(-c3ccccc3)nc2NC(=O)CN(CC2CCCO2)C(=O)NC(C)C)cc1F. The molecule has 3 aromatic rings. The molecular weight excluding hydrogens is 461 g/mol. The molecule has 0 spiro atoms. The maximum absolute atomic E-state index is 14.4. The van der Waals surface area contributed by atoms with Crippen LogP contribution < -0.4 is 10.6 Å². The fourth-order valence-corrected chi connectivity index (χ4v) is 4.07. The molecule has 36 heavy (non-hydrogen) atoms. The number of aromatic nitrogens is 2. The molecule has 4 rings (SSSR count). The molecule has 2 N–H and O–H groups in total. The molecule has 1 aliphatic heterocycles. The first kappa shape index (κ1) is 25.4. The predicted molar refractivity (Wildman–Crippen MR) is 137 cm³/mol. The molecule has 0 radical (unpaired) electrons. The Labute approximate surface area is 210 Å². The van der Waals surface area contributed by atoms with Gasteiger partial charge >= 0.3 is 6.03 Å². The largest absolute Gasteiger partial charge is 0.376 e. The molecule has 1 aromatic heterocycles. The number of anilines is 1. The van der Waals surface area contributed by atoms with E-state index in [1.807, 2.05) is 44.2 Å². The number of benzene rings is 2. The number of imidazole rings is 1. The van der Waals surface area contributed by atoms with Gasteiger partial charge in [-0.25, -0.2) is 14.2 Å². The van der Waals surface area contributed by atoms with Crippen molar-refractivity contribution >= 4 is 17.9 Å². The molecule has 0 aliphatic carbocycles. The second-order valence-electron chi connectivity index (χ2n) is 9.29. The minimum atomic E-state index is -0.411. The van der Waals surface area contributed by atoms with Crippen molar-refractivity contribution in [2.75, 3.05) is 25.0 Å². The van der Waals surface area contributed by atoms with Gasteiger partial charge in [0, 0.05) is 31.0 Å². The highest BCUT2D eigenvalue weighted by Crippen LogP contribution is 2.25. The summed E-state index contributed by atoms with van der Waals surface area (Å²) in [6.07, 6.45) is 3.43. The highest BCUT2D eigenvalue weighted by Gasteiger charge is 2.25. The Bertz CT molecular complexity index is 1210. The number of carbonyl (C=O) groups excluding carboxylic acids is 2. The summed E-state index contributed by atoms with van der Waals surface area (Å²) in [5.74, 6) is -0.526. The van der Waals surface area contributed by atoms with E-state index in [1.54, 1.807) is 29.8 Å². The lowest BCUT2D eigenvalue weighted by Crippen LogP contribution is -2.49. The normalized spacial score (nSPS) is 15.2. The highest BCUT2D eigenvalue weighted by molar-refractivity contribution is 5.93. The van der Waals surface area contributed by atoms with Crippen molar-refractivity contribution in [2.45, 2.75) is 45.8 Å². The van der Waals surface area contributed by atoms with Gasteiger partial charge in [-0.15, -0.1) is 0 Å². The Kier molecular flexibility index (Phi) is 8.00. The summed E-state index contributed by atoms with van der Waals surface area (Å²) in [6.45, 7) is 6.22.